The van der Waals surface area contributed by atoms with Crippen LogP contribution in [0.15, 0.2) is 12.2 Å². The number of allylic oxidation sites excluding steroid dienone is 1. The molecular weight excluding hydrogens is 208 g/mol. The molecule has 0 radical (unpaired) electrons. The summed E-state index contributed by atoms with van der Waals surface area (Å²) in [6, 6.07) is 0. The summed E-state index contributed by atoms with van der Waals surface area (Å²) >= 11 is 0. The quantitative estimate of drug-likeness (QED) is 0.742. The molecule has 0 aromatic heterocycles. The van der Waals surface area contributed by atoms with Gasteiger partial charge in [-0.05, 0) is 33.6 Å². The zero-order chi connectivity index (χ0) is 12.4. The normalized spacial score (nSPS) is 28.9. The van der Waals surface area contributed by atoms with Crippen LogP contribution in [0.4, 0.5) is 0 Å². The summed E-state index contributed by atoms with van der Waals surface area (Å²) in [6.45, 7) is 10.3. The van der Waals surface area contributed by atoms with Gasteiger partial charge >= 0.3 is 0 Å². The van der Waals surface area contributed by atoms with E-state index < -0.39 is 0 Å². The summed E-state index contributed by atoms with van der Waals surface area (Å²) in [5.41, 5.74) is 0.720. The van der Waals surface area contributed by atoms with Crippen molar-refractivity contribution in [3.8, 4) is 0 Å². The molecule has 1 aliphatic heterocycles. The third-order valence-electron chi connectivity index (χ3n) is 4.50. The summed E-state index contributed by atoms with van der Waals surface area (Å²) in [5, 5.41) is 3.76. The van der Waals surface area contributed by atoms with Crippen molar-refractivity contribution in [3.05, 3.63) is 12.2 Å². The molecule has 2 nitrogen and oxygen atoms in total. The van der Waals surface area contributed by atoms with Gasteiger partial charge in [-0.3, -0.25) is 4.90 Å². The minimum absolute atomic E-state index is 0.268. The van der Waals surface area contributed by atoms with Crippen molar-refractivity contribution < 1.29 is 0 Å². The van der Waals surface area contributed by atoms with E-state index in [4.69, 9.17) is 0 Å². The molecule has 98 valence electrons. The van der Waals surface area contributed by atoms with Crippen LogP contribution >= 0.6 is 0 Å². The second kappa shape index (κ2) is 5.11. The molecule has 0 aromatic carbocycles. The smallest absolute Gasteiger partial charge is 0.0338 e. The molecule has 0 unspecified atom stereocenters. The van der Waals surface area contributed by atoms with Crippen molar-refractivity contribution in [2.75, 3.05) is 19.6 Å². The maximum absolute atomic E-state index is 3.76. The first-order chi connectivity index (χ1) is 8.08. The van der Waals surface area contributed by atoms with Gasteiger partial charge in [-0.25, -0.2) is 0 Å². The summed E-state index contributed by atoms with van der Waals surface area (Å²) < 4.78 is 0. The van der Waals surface area contributed by atoms with Crippen LogP contribution in [0.1, 0.15) is 52.9 Å². The topological polar surface area (TPSA) is 15.3 Å². The van der Waals surface area contributed by atoms with E-state index >= 15 is 0 Å². The second-order valence-electron chi connectivity index (χ2n) is 6.47. The van der Waals surface area contributed by atoms with Crippen LogP contribution in [0.2, 0.25) is 0 Å². The highest BCUT2D eigenvalue weighted by Gasteiger charge is 2.43. The first kappa shape index (κ1) is 13.1. The highest BCUT2D eigenvalue weighted by atomic mass is 15.3. The summed E-state index contributed by atoms with van der Waals surface area (Å²) in [6.07, 6.45) is 11.5. The standard InChI is InChI=1S/C15H28N2/c1-4-5-11-17-13-14(2,3)16-12-15(17)9-7-6-8-10-15/h4-5,16H,6-13H2,1-3H3/b5-4+. The van der Waals surface area contributed by atoms with E-state index in [2.05, 4.69) is 43.1 Å². The highest BCUT2D eigenvalue weighted by molar-refractivity contribution is 5.05. The third-order valence-corrected chi connectivity index (χ3v) is 4.50. The zero-order valence-electron chi connectivity index (χ0n) is 11.8. The fourth-order valence-corrected chi connectivity index (χ4v) is 3.41. The number of hydrogen-bond donors (Lipinski definition) is 1. The molecule has 1 aliphatic carbocycles. The molecule has 2 fully saturated rings. The van der Waals surface area contributed by atoms with E-state index in [-0.39, 0.29) is 5.54 Å². The van der Waals surface area contributed by atoms with Crippen molar-refractivity contribution in [2.24, 2.45) is 0 Å². The monoisotopic (exact) mass is 236 g/mol. The Kier molecular flexibility index (Phi) is 3.94. The molecule has 0 bridgehead atoms. The molecule has 0 atom stereocenters. The summed E-state index contributed by atoms with van der Waals surface area (Å²) in [7, 11) is 0. The Balaban J connectivity index is 2.11. The molecule has 1 N–H and O–H groups in total. The SMILES string of the molecule is C/C=C/CN1CC(C)(C)NCC12CCCCC2. The third kappa shape index (κ3) is 2.92. The van der Waals surface area contributed by atoms with Gasteiger partial charge in [-0.15, -0.1) is 0 Å². The maximum Gasteiger partial charge on any atom is 0.0338 e. The van der Waals surface area contributed by atoms with Gasteiger partial charge < -0.3 is 5.32 Å². The average Bonchev–Trinajstić information content (AvgIpc) is 2.32. The Morgan fingerprint density at radius 3 is 2.53 bits per heavy atom. The predicted octanol–water partition coefficient (Wildman–Crippen LogP) is 2.95. The van der Waals surface area contributed by atoms with E-state index in [9.17, 15) is 0 Å². The van der Waals surface area contributed by atoms with Crippen LogP contribution in [-0.2, 0) is 0 Å². The molecule has 2 rings (SSSR count). The van der Waals surface area contributed by atoms with Crippen LogP contribution in [-0.4, -0.2) is 35.6 Å². The highest BCUT2D eigenvalue weighted by Crippen LogP contribution is 2.36. The molecule has 1 spiro atoms. The fraction of sp³-hybridized carbons (Fsp3) is 0.867. The molecule has 2 aliphatic rings. The van der Waals surface area contributed by atoms with Crippen LogP contribution < -0.4 is 5.32 Å². The van der Waals surface area contributed by atoms with E-state index in [0.717, 1.165) is 6.54 Å². The predicted molar refractivity (Wildman–Crippen MR) is 74.3 cm³/mol. The van der Waals surface area contributed by atoms with E-state index in [0.29, 0.717) is 5.54 Å². The first-order valence-corrected chi connectivity index (χ1v) is 7.19. The van der Waals surface area contributed by atoms with Gasteiger partial charge in [-0.1, -0.05) is 31.4 Å². The molecular formula is C15H28N2. The van der Waals surface area contributed by atoms with Gasteiger partial charge in [0, 0.05) is 30.7 Å². The zero-order valence-corrected chi connectivity index (χ0v) is 11.8. The Morgan fingerprint density at radius 2 is 1.88 bits per heavy atom. The van der Waals surface area contributed by atoms with Crippen molar-refractivity contribution in [1.82, 2.24) is 10.2 Å². The average molecular weight is 236 g/mol. The van der Waals surface area contributed by atoms with Gasteiger partial charge in [0.25, 0.3) is 0 Å². The minimum Gasteiger partial charge on any atom is -0.309 e. The van der Waals surface area contributed by atoms with Crippen molar-refractivity contribution >= 4 is 0 Å². The Bertz CT molecular complexity index is 275. The minimum atomic E-state index is 0.268. The number of rotatable bonds is 2. The number of hydrogen-bond acceptors (Lipinski definition) is 2. The van der Waals surface area contributed by atoms with Crippen molar-refractivity contribution in [3.63, 3.8) is 0 Å². The van der Waals surface area contributed by atoms with E-state index in [1.54, 1.807) is 0 Å². The lowest BCUT2D eigenvalue weighted by Crippen LogP contribution is -2.68. The molecule has 2 heteroatoms. The van der Waals surface area contributed by atoms with Crippen LogP contribution in [0.3, 0.4) is 0 Å². The number of nitrogens with one attached hydrogen (secondary N) is 1. The molecule has 1 saturated heterocycles. The molecule has 0 aromatic rings. The summed E-state index contributed by atoms with van der Waals surface area (Å²) in [5.74, 6) is 0. The Morgan fingerprint density at radius 1 is 1.18 bits per heavy atom. The lowest BCUT2D eigenvalue weighted by Gasteiger charge is -2.54. The van der Waals surface area contributed by atoms with Gasteiger partial charge in [0.15, 0.2) is 0 Å². The first-order valence-electron chi connectivity index (χ1n) is 7.19. The second-order valence-corrected chi connectivity index (χ2v) is 6.47. The fourth-order valence-electron chi connectivity index (χ4n) is 3.41. The number of nitrogens with zero attached hydrogens (tertiary/aromatic N) is 1. The Labute approximate surface area is 106 Å². The van der Waals surface area contributed by atoms with Crippen LogP contribution in [0.5, 0.6) is 0 Å². The van der Waals surface area contributed by atoms with Gasteiger partial charge in [0.1, 0.15) is 0 Å². The van der Waals surface area contributed by atoms with Crippen molar-refractivity contribution in [1.29, 1.82) is 0 Å². The largest absolute Gasteiger partial charge is 0.309 e. The lowest BCUT2D eigenvalue weighted by atomic mass is 9.77. The molecule has 1 saturated carbocycles. The maximum atomic E-state index is 3.76. The van der Waals surface area contributed by atoms with Gasteiger partial charge in [-0.2, -0.15) is 0 Å². The molecule has 1 heterocycles. The lowest BCUT2D eigenvalue weighted by molar-refractivity contribution is -0.00117. The van der Waals surface area contributed by atoms with Crippen molar-refractivity contribution in [2.45, 2.75) is 64.0 Å². The van der Waals surface area contributed by atoms with E-state index in [1.165, 1.54) is 45.2 Å². The Hall–Kier alpha value is -0.340. The van der Waals surface area contributed by atoms with Gasteiger partial charge in [0.2, 0.25) is 0 Å². The van der Waals surface area contributed by atoms with Gasteiger partial charge in [0.05, 0.1) is 0 Å². The molecule has 0 amide bonds. The van der Waals surface area contributed by atoms with E-state index in [1.807, 2.05) is 0 Å². The molecule has 17 heavy (non-hydrogen) atoms. The van der Waals surface area contributed by atoms with Crippen LogP contribution in [0.25, 0.3) is 0 Å². The van der Waals surface area contributed by atoms with Crippen LogP contribution in [0, 0.1) is 0 Å². The number of piperazine rings is 1. The summed E-state index contributed by atoms with van der Waals surface area (Å²) in [4.78, 5) is 2.74.